The molecule has 0 atom stereocenters. The highest BCUT2D eigenvalue weighted by Crippen LogP contribution is 2.53. The van der Waals surface area contributed by atoms with E-state index in [9.17, 15) is 0 Å². The molecule has 0 aliphatic rings. The molecule has 0 saturated heterocycles. The molecule has 0 bridgehead atoms. The fraction of sp³-hybridized carbons (Fsp3) is 0. The summed E-state index contributed by atoms with van der Waals surface area (Å²) in [6.07, 6.45) is 0. The van der Waals surface area contributed by atoms with E-state index < -0.39 is 0 Å². The van der Waals surface area contributed by atoms with Gasteiger partial charge in [-0.3, -0.25) is 0 Å². The molecule has 0 spiro atoms. The second-order valence-electron chi connectivity index (χ2n) is 17.7. The summed E-state index contributed by atoms with van der Waals surface area (Å²) in [5, 5.41) is 16.8. The molecule has 0 aliphatic heterocycles. The Morgan fingerprint density at radius 2 is 0.552 bits per heavy atom. The van der Waals surface area contributed by atoms with Crippen molar-refractivity contribution in [3.8, 4) is 44.5 Å². The van der Waals surface area contributed by atoms with Crippen LogP contribution in [0.3, 0.4) is 0 Å². The van der Waals surface area contributed by atoms with E-state index in [1.54, 1.807) is 0 Å². The number of para-hydroxylation sites is 4. The highest BCUT2D eigenvalue weighted by atomic mass is 32.1. The Labute approximate surface area is 388 Å². The molecule has 310 valence electrons. The molecule has 0 radical (unpaired) electrons. The zero-order valence-corrected chi connectivity index (χ0v) is 36.8. The zero-order chi connectivity index (χ0) is 43.7. The summed E-state index contributed by atoms with van der Waals surface area (Å²) < 4.78 is 16.0. The zero-order valence-electron chi connectivity index (χ0n) is 36.0. The first kappa shape index (κ1) is 36.8. The van der Waals surface area contributed by atoms with Crippen LogP contribution >= 0.6 is 11.3 Å². The first-order valence-corrected chi connectivity index (χ1v) is 23.7. The topological polar surface area (TPSA) is 26.3 Å². The van der Waals surface area contributed by atoms with Crippen molar-refractivity contribution in [2.45, 2.75) is 0 Å². The number of hydrogen-bond acceptors (Lipinski definition) is 3. The van der Waals surface area contributed by atoms with Gasteiger partial charge < -0.3 is 8.83 Å². The number of thiophene rings is 1. The van der Waals surface area contributed by atoms with Crippen LogP contribution in [-0.2, 0) is 0 Å². The molecule has 0 aliphatic carbocycles. The fourth-order valence-corrected chi connectivity index (χ4v) is 12.8. The second kappa shape index (κ2) is 14.0. The standard InChI is InChI=1S/C64H36O2S/c1-3-21-41-39(19-1)57(40-20-2-4-22-42(40)58(41)50-30-13-27-47-37-17-9-11-34-54(37)65-62(47)50)49-29-16-36-56-61(49)53-33-15-32-52(64(53)67-56)60-45-25-7-5-23-43(45)59(44-24-6-8-26-46(44)60)51-31-14-28-48-38-18-10-12-35-55(38)66-63(48)51/h1-36H. The number of benzene rings is 12. The number of hydrogen-bond donors (Lipinski definition) is 0. The summed E-state index contributed by atoms with van der Waals surface area (Å²) in [7, 11) is 0. The van der Waals surface area contributed by atoms with E-state index in [-0.39, 0.29) is 0 Å². The van der Waals surface area contributed by atoms with Gasteiger partial charge in [-0.15, -0.1) is 11.3 Å². The van der Waals surface area contributed by atoms with Gasteiger partial charge in [-0.25, -0.2) is 0 Å². The van der Waals surface area contributed by atoms with Gasteiger partial charge in [0.2, 0.25) is 0 Å². The molecule has 12 aromatic carbocycles. The van der Waals surface area contributed by atoms with Crippen LogP contribution in [0.15, 0.2) is 227 Å². The van der Waals surface area contributed by atoms with Crippen molar-refractivity contribution in [3.63, 3.8) is 0 Å². The van der Waals surface area contributed by atoms with E-state index in [1.165, 1.54) is 96.6 Å². The first-order valence-electron chi connectivity index (χ1n) is 22.9. The molecule has 0 amide bonds. The Hall–Kier alpha value is -8.50. The molecule has 3 heterocycles. The summed E-state index contributed by atoms with van der Waals surface area (Å²) in [6.45, 7) is 0. The Morgan fingerprint density at radius 3 is 1.00 bits per heavy atom. The molecule has 0 saturated carbocycles. The van der Waals surface area contributed by atoms with E-state index in [2.05, 4.69) is 206 Å². The summed E-state index contributed by atoms with van der Waals surface area (Å²) in [5.74, 6) is 0. The maximum Gasteiger partial charge on any atom is 0.143 e. The monoisotopic (exact) mass is 868 g/mol. The molecule has 0 fully saturated rings. The van der Waals surface area contributed by atoms with E-state index in [0.29, 0.717) is 0 Å². The average Bonchev–Trinajstić information content (AvgIpc) is 4.09. The Bertz CT molecular complexity index is 4470. The van der Waals surface area contributed by atoms with Crippen molar-refractivity contribution in [2.75, 3.05) is 0 Å². The van der Waals surface area contributed by atoms with Gasteiger partial charge in [-0.1, -0.05) is 200 Å². The van der Waals surface area contributed by atoms with Gasteiger partial charge in [0.25, 0.3) is 0 Å². The highest BCUT2D eigenvalue weighted by molar-refractivity contribution is 7.26. The number of furan rings is 2. The van der Waals surface area contributed by atoms with Crippen molar-refractivity contribution in [1.82, 2.24) is 0 Å². The molecular weight excluding hydrogens is 833 g/mol. The van der Waals surface area contributed by atoms with Crippen molar-refractivity contribution in [3.05, 3.63) is 218 Å². The Balaban J connectivity index is 1.000. The van der Waals surface area contributed by atoms with Crippen molar-refractivity contribution in [2.24, 2.45) is 0 Å². The van der Waals surface area contributed by atoms with Gasteiger partial charge in [0.05, 0.1) is 0 Å². The third-order valence-electron chi connectivity index (χ3n) is 14.3. The fourth-order valence-electron chi connectivity index (χ4n) is 11.6. The van der Waals surface area contributed by atoms with Crippen LogP contribution in [0.25, 0.3) is 152 Å². The summed E-state index contributed by atoms with van der Waals surface area (Å²) in [6, 6.07) is 79.6. The molecular formula is C64H36O2S. The summed E-state index contributed by atoms with van der Waals surface area (Å²) in [5.41, 5.74) is 13.3. The van der Waals surface area contributed by atoms with Gasteiger partial charge in [0, 0.05) is 69.5 Å². The molecule has 15 aromatic rings. The first-order chi connectivity index (χ1) is 33.3. The second-order valence-corrected chi connectivity index (χ2v) is 18.8. The van der Waals surface area contributed by atoms with Crippen molar-refractivity contribution < 1.29 is 8.83 Å². The number of rotatable bonds is 4. The minimum atomic E-state index is 0.905. The molecule has 0 N–H and O–H groups in total. The molecule has 67 heavy (non-hydrogen) atoms. The third-order valence-corrected chi connectivity index (χ3v) is 15.5. The van der Waals surface area contributed by atoms with Crippen LogP contribution < -0.4 is 0 Å². The van der Waals surface area contributed by atoms with Crippen LogP contribution in [0.5, 0.6) is 0 Å². The van der Waals surface area contributed by atoms with Crippen molar-refractivity contribution in [1.29, 1.82) is 0 Å². The largest absolute Gasteiger partial charge is 0.455 e. The van der Waals surface area contributed by atoms with Crippen molar-refractivity contribution >= 4 is 118 Å². The Kier molecular flexibility index (Phi) is 7.69. The lowest BCUT2D eigenvalue weighted by Gasteiger charge is -2.19. The maximum atomic E-state index is 6.70. The normalized spacial score (nSPS) is 12.2. The van der Waals surface area contributed by atoms with Gasteiger partial charge >= 0.3 is 0 Å². The lowest BCUT2D eigenvalue weighted by atomic mass is 9.84. The van der Waals surface area contributed by atoms with E-state index >= 15 is 0 Å². The minimum Gasteiger partial charge on any atom is -0.455 e. The highest BCUT2D eigenvalue weighted by Gasteiger charge is 2.25. The minimum absolute atomic E-state index is 0.905. The van der Waals surface area contributed by atoms with Gasteiger partial charge in [0.1, 0.15) is 22.3 Å². The van der Waals surface area contributed by atoms with Crippen LogP contribution in [0.1, 0.15) is 0 Å². The SMILES string of the molecule is c1ccc2c(c1)oc1c(-c3c4ccccc4c(-c4cccc5c4sc4cccc(-c6c7ccccc7c(-c7cccc8c7oc7ccccc78)c7ccccc67)c45)c4ccccc34)cccc12. The predicted octanol–water partition coefficient (Wildman–Crippen LogP) is 19.1. The maximum absolute atomic E-state index is 6.70. The molecule has 3 heteroatoms. The quantitative estimate of drug-likeness (QED) is 0.165. The van der Waals surface area contributed by atoms with E-state index in [4.69, 9.17) is 8.83 Å². The van der Waals surface area contributed by atoms with Crippen LogP contribution in [0, 0.1) is 0 Å². The Morgan fingerprint density at radius 1 is 0.239 bits per heavy atom. The number of fused-ring (bicyclic) bond motifs is 13. The van der Waals surface area contributed by atoms with Gasteiger partial charge in [0.15, 0.2) is 0 Å². The van der Waals surface area contributed by atoms with Crippen LogP contribution in [0.2, 0.25) is 0 Å². The average molecular weight is 869 g/mol. The molecule has 3 aromatic heterocycles. The molecule has 15 rings (SSSR count). The van der Waals surface area contributed by atoms with Crippen LogP contribution in [0.4, 0.5) is 0 Å². The predicted molar refractivity (Wildman–Crippen MR) is 286 cm³/mol. The lowest BCUT2D eigenvalue weighted by Crippen LogP contribution is -1.92. The lowest BCUT2D eigenvalue weighted by molar-refractivity contribution is 0.669. The van der Waals surface area contributed by atoms with E-state index in [0.717, 1.165) is 55.0 Å². The van der Waals surface area contributed by atoms with Gasteiger partial charge in [-0.05, 0) is 78.0 Å². The molecule has 2 nitrogen and oxygen atoms in total. The van der Waals surface area contributed by atoms with E-state index in [1.807, 2.05) is 23.5 Å². The molecule has 0 unspecified atom stereocenters. The third kappa shape index (κ3) is 5.15. The smallest absolute Gasteiger partial charge is 0.143 e. The summed E-state index contributed by atoms with van der Waals surface area (Å²) in [4.78, 5) is 0. The summed E-state index contributed by atoms with van der Waals surface area (Å²) >= 11 is 1.90. The van der Waals surface area contributed by atoms with Crippen LogP contribution in [-0.4, -0.2) is 0 Å². The van der Waals surface area contributed by atoms with Gasteiger partial charge in [-0.2, -0.15) is 0 Å².